The normalized spacial score (nSPS) is 23.9. The standard InChI is InChI=1S/C21H31N3O3/c1-3-22-21(26)19-13-17(14-24(19)18-8-10-27-11-9-18)23-20(25)12-16-7-5-4-6-15(16)2/h4-7,17-19H,3,8-14H2,1-2H3,(H,22,26)(H,23,25). The zero-order valence-electron chi connectivity index (χ0n) is 16.4. The Bertz CT molecular complexity index is 658. The van der Waals surface area contributed by atoms with Gasteiger partial charge in [0.05, 0.1) is 12.5 Å². The largest absolute Gasteiger partial charge is 0.381 e. The Hall–Kier alpha value is -1.92. The first kappa shape index (κ1) is 19.8. The number of amides is 2. The molecular formula is C21H31N3O3. The molecule has 2 heterocycles. The van der Waals surface area contributed by atoms with Gasteiger partial charge in [-0.3, -0.25) is 14.5 Å². The summed E-state index contributed by atoms with van der Waals surface area (Å²) < 4.78 is 5.47. The van der Waals surface area contributed by atoms with E-state index in [0.717, 1.165) is 43.7 Å². The van der Waals surface area contributed by atoms with Gasteiger partial charge in [-0.1, -0.05) is 24.3 Å². The van der Waals surface area contributed by atoms with Crippen LogP contribution in [0.1, 0.15) is 37.3 Å². The van der Waals surface area contributed by atoms with Crippen molar-refractivity contribution in [3.63, 3.8) is 0 Å². The summed E-state index contributed by atoms with van der Waals surface area (Å²) in [7, 11) is 0. The molecule has 1 aromatic carbocycles. The molecule has 0 saturated carbocycles. The van der Waals surface area contributed by atoms with E-state index < -0.39 is 0 Å². The van der Waals surface area contributed by atoms with Gasteiger partial charge >= 0.3 is 0 Å². The Morgan fingerprint density at radius 2 is 1.96 bits per heavy atom. The van der Waals surface area contributed by atoms with Gasteiger partial charge in [0.15, 0.2) is 0 Å². The van der Waals surface area contributed by atoms with Gasteiger partial charge in [-0.25, -0.2) is 0 Å². The zero-order valence-corrected chi connectivity index (χ0v) is 16.4. The quantitative estimate of drug-likeness (QED) is 0.791. The number of carbonyl (C=O) groups is 2. The van der Waals surface area contributed by atoms with Gasteiger partial charge in [-0.15, -0.1) is 0 Å². The van der Waals surface area contributed by atoms with E-state index in [0.29, 0.717) is 25.4 Å². The molecule has 3 rings (SSSR count). The lowest BCUT2D eigenvalue weighted by Gasteiger charge is -2.34. The van der Waals surface area contributed by atoms with Crippen LogP contribution >= 0.6 is 0 Å². The number of likely N-dealkylation sites (N-methyl/N-ethyl adjacent to an activating group) is 1. The molecule has 2 fully saturated rings. The molecule has 0 aromatic heterocycles. The number of hydrogen-bond donors (Lipinski definition) is 2. The second-order valence-corrected chi connectivity index (χ2v) is 7.55. The molecule has 0 aliphatic carbocycles. The van der Waals surface area contributed by atoms with Crippen molar-refractivity contribution >= 4 is 11.8 Å². The number of nitrogens with zero attached hydrogens (tertiary/aromatic N) is 1. The molecule has 6 heteroatoms. The first-order valence-corrected chi connectivity index (χ1v) is 10.0. The van der Waals surface area contributed by atoms with Gasteiger partial charge in [-0.05, 0) is 44.2 Å². The van der Waals surface area contributed by atoms with Gasteiger partial charge in [-0.2, -0.15) is 0 Å². The van der Waals surface area contributed by atoms with Crippen molar-refractivity contribution in [3.8, 4) is 0 Å². The fraction of sp³-hybridized carbons (Fsp3) is 0.619. The van der Waals surface area contributed by atoms with Crippen LogP contribution in [0.15, 0.2) is 24.3 Å². The predicted octanol–water partition coefficient (Wildman–Crippen LogP) is 1.41. The van der Waals surface area contributed by atoms with Crippen LogP contribution in [0.2, 0.25) is 0 Å². The first-order valence-electron chi connectivity index (χ1n) is 10.0. The van der Waals surface area contributed by atoms with Crippen LogP contribution < -0.4 is 10.6 Å². The number of aryl methyl sites for hydroxylation is 1. The second-order valence-electron chi connectivity index (χ2n) is 7.55. The van der Waals surface area contributed by atoms with Crippen LogP contribution in [0.4, 0.5) is 0 Å². The summed E-state index contributed by atoms with van der Waals surface area (Å²) in [5, 5.41) is 6.11. The van der Waals surface area contributed by atoms with Crippen LogP contribution in [0, 0.1) is 6.92 Å². The molecule has 2 atom stereocenters. The van der Waals surface area contributed by atoms with E-state index in [1.54, 1.807) is 0 Å². The van der Waals surface area contributed by atoms with Gasteiger partial charge in [0, 0.05) is 38.4 Å². The van der Waals surface area contributed by atoms with Crippen LogP contribution in [0.25, 0.3) is 0 Å². The Morgan fingerprint density at radius 1 is 1.22 bits per heavy atom. The molecule has 148 valence electrons. The van der Waals surface area contributed by atoms with E-state index in [4.69, 9.17) is 4.74 Å². The Labute approximate surface area is 161 Å². The summed E-state index contributed by atoms with van der Waals surface area (Å²) in [4.78, 5) is 27.4. The van der Waals surface area contributed by atoms with E-state index in [2.05, 4.69) is 15.5 Å². The van der Waals surface area contributed by atoms with E-state index in [9.17, 15) is 9.59 Å². The van der Waals surface area contributed by atoms with Crippen molar-refractivity contribution in [2.45, 2.75) is 57.7 Å². The Morgan fingerprint density at radius 3 is 2.67 bits per heavy atom. The Balaban J connectivity index is 1.62. The maximum absolute atomic E-state index is 12.6. The zero-order chi connectivity index (χ0) is 19.2. The lowest BCUT2D eigenvalue weighted by atomic mass is 10.0. The van der Waals surface area contributed by atoms with Gasteiger partial charge < -0.3 is 15.4 Å². The monoisotopic (exact) mass is 373 g/mol. The third-order valence-electron chi connectivity index (χ3n) is 5.63. The predicted molar refractivity (Wildman–Crippen MR) is 104 cm³/mol. The van der Waals surface area contributed by atoms with Crippen LogP contribution in [0.5, 0.6) is 0 Å². The van der Waals surface area contributed by atoms with Crippen LogP contribution in [0.3, 0.4) is 0 Å². The summed E-state index contributed by atoms with van der Waals surface area (Å²) in [6.45, 7) is 6.80. The number of ether oxygens (including phenoxy) is 1. The molecule has 2 unspecified atom stereocenters. The fourth-order valence-electron chi connectivity index (χ4n) is 4.20. The number of rotatable bonds is 6. The van der Waals surface area contributed by atoms with Crippen LogP contribution in [-0.2, 0) is 20.7 Å². The number of carbonyl (C=O) groups excluding carboxylic acids is 2. The van der Waals surface area contributed by atoms with Gasteiger partial charge in [0.2, 0.25) is 11.8 Å². The van der Waals surface area contributed by atoms with Crippen molar-refractivity contribution in [1.82, 2.24) is 15.5 Å². The molecule has 27 heavy (non-hydrogen) atoms. The molecule has 2 aliphatic heterocycles. The first-order chi connectivity index (χ1) is 13.1. The molecular weight excluding hydrogens is 342 g/mol. The Kier molecular flexibility index (Phi) is 6.85. The molecule has 2 amide bonds. The summed E-state index contributed by atoms with van der Waals surface area (Å²) >= 11 is 0. The molecule has 2 aliphatic rings. The second kappa shape index (κ2) is 9.33. The highest BCUT2D eigenvalue weighted by Gasteiger charge is 2.41. The van der Waals surface area contributed by atoms with Gasteiger partial charge in [0.1, 0.15) is 0 Å². The number of nitrogens with one attached hydrogen (secondary N) is 2. The minimum absolute atomic E-state index is 0.0111. The van der Waals surface area contributed by atoms with E-state index in [1.165, 1.54) is 0 Å². The van der Waals surface area contributed by atoms with Crippen LogP contribution in [-0.4, -0.2) is 61.1 Å². The lowest BCUT2D eigenvalue weighted by molar-refractivity contribution is -0.127. The molecule has 0 bridgehead atoms. The average molecular weight is 373 g/mol. The summed E-state index contributed by atoms with van der Waals surface area (Å²) in [6, 6.07) is 8.16. The smallest absolute Gasteiger partial charge is 0.237 e. The molecule has 6 nitrogen and oxygen atoms in total. The van der Waals surface area contributed by atoms with Crippen molar-refractivity contribution < 1.29 is 14.3 Å². The summed E-state index contributed by atoms with van der Waals surface area (Å²) in [6.07, 6.45) is 2.94. The number of likely N-dealkylation sites (tertiary alicyclic amines) is 1. The molecule has 2 saturated heterocycles. The number of hydrogen-bond acceptors (Lipinski definition) is 4. The SMILES string of the molecule is CCNC(=O)C1CC(NC(=O)Cc2ccccc2C)CN1C1CCOCC1. The molecule has 0 radical (unpaired) electrons. The topological polar surface area (TPSA) is 70.7 Å². The number of benzene rings is 1. The van der Waals surface area contributed by atoms with Gasteiger partial charge in [0.25, 0.3) is 0 Å². The van der Waals surface area contributed by atoms with Crippen molar-refractivity contribution in [2.24, 2.45) is 0 Å². The molecule has 1 aromatic rings. The van der Waals surface area contributed by atoms with E-state index in [1.807, 2.05) is 38.1 Å². The fourth-order valence-corrected chi connectivity index (χ4v) is 4.20. The minimum atomic E-state index is -0.170. The van der Waals surface area contributed by atoms with Crippen molar-refractivity contribution in [2.75, 3.05) is 26.3 Å². The average Bonchev–Trinajstić information content (AvgIpc) is 3.08. The van der Waals surface area contributed by atoms with E-state index in [-0.39, 0.29) is 23.9 Å². The highest BCUT2D eigenvalue weighted by molar-refractivity contribution is 5.83. The van der Waals surface area contributed by atoms with E-state index >= 15 is 0 Å². The minimum Gasteiger partial charge on any atom is -0.381 e. The van der Waals surface area contributed by atoms with Crippen molar-refractivity contribution in [3.05, 3.63) is 35.4 Å². The van der Waals surface area contributed by atoms with Crippen molar-refractivity contribution in [1.29, 1.82) is 0 Å². The highest BCUT2D eigenvalue weighted by Crippen LogP contribution is 2.26. The lowest BCUT2D eigenvalue weighted by Crippen LogP contribution is -2.49. The molecule has 0 spiro atoms. The maximum atomic E-state index is 12.6. The summed E-state index contributed by atoms with van der Waals surface area (Å²) in [5.41, 5.74) is 2.18. The maximum Gasteiger partial charge on any atom is 0.237 e. The third-order valence-corrected chi connectivity index (χ3v) is 5.63. The molecule has 2 N–H and O–H groups in total. The highest BCUT2D eigenvalue weighted by atomic mass is 16.5. The summed E-state index contributed by atoms with van der Waals surface area (Å²) in [5.74, 6) is 0.0948. The third kappa shape index (κ3) is 5.08.